The van der Waals surface area contributed by atoms with Crippen molar-refractivity contribution in [3.63, 3.8) is 0 Å². The molecule has 116 valence electrons. The molecule has 3 nitrogen and oxygen atoms in total. The topological polar surface area (TPSA) is 49.5 Å². The largest absolute Gasteiger partial charge is 0.393 e. The quantitative estimate of drug-likeness (QED) is 0.852. The number of nitrogens with zero attached hydrogens (tertiary/aromatic N) is 1. The lowest BCUT2D eigenvalue weighted by Crippen LogP contribution is -2.28. The molecular weight excluding hydrogens is 352 g/mol. The molecule has 0 bridgehead atoms. The summed E-state index contributed by atoms with van der Waals surface area (Å²) < 4.78 is 0.977. The fourth-order valence-corrected chi connectivity index (χ4v) is 4.60. The SMILES string of the molecule is NC(CCN1CC2CCC(O)C2C1)c1ccc(Br)cc1Cl. The van der Waals surface area contributed by atoms with Crippen molar-refractivity contribution in [2.45, 2.75) is 31.4 Å². The molecular formula is C16H22BrClN2O. The Morgan fingerprint density at radius 1 is 1.38 bits per heavy atom. The van der Waals surface area contributed by atoms with E-state index in [2.05, 4.69) is 20.8 Å². The van der Waals surface area contributed by atoms with Gasteiger partial charge < -0.3 is 15.7 Å². The van der Waals surface area contributed by atoms with Crippen molar-refractivity contribution in [1.82, 2.24) is 4.90 Å². The van der Waals surface area contributed by atoms with Gasteiger partial charge in [-0.3, -0.25) is 0 Å². The number of rotatable bonds is 4. The van der Waals surface area contributed by atoms with Crippen LogP contribution in [-0.4, -0.2) is 35.7 Å². The van der Waals surface area contributed by atoms with Gasteiger partial charge in [0.25, 0.3) is 0 Å². The fourth-order valence-electron chi connectivity index (χ4n) is 3.79. The minimum Gasteiger partial charge on any atom is -0.393 e. The molecule has 2 fully saturated rings. The first-order valence-corrected chi connectivity index (χ1v) is 8.82. The molecule has 2 aliphatic rings. The van der Waals surface area contributed by atoms with E-state index < -0.39 is 0 Å². The predicted octanol–water partition coefficient (Wildman–Crippen LogP) is 3.20. The molecule has 1 saturated carbocycles. The van der Waals surface area contributed by atoms with Gasteiger partial charge in [0.05, 0.1) is 6.10 Å². The lowest BCUT2D eigenvalue weighted by atomic mass is 10.00. The molecule has 21 heavy (non-hydrogen) atoms. The van der Waals surface area contributed by atoms with Gasteiger partial charge in [0.2, 0.25) is 0 Å². The van der Waals surface area contributed by atoms with Crippen molar-refractivity contribution < 1.29 is 5.11 Å². The Hall–Kier alpha value is -0.130. The van der Waals surface area contributed by atoms with E-state index >= 15 is 0 Å². The molecule has 1 aliphatic carbocycles. The third-order valence-corrected chi connectivity index (χ3v) is 5.83. The molecule has 0 amide bonds. The van der Waals surface area contributed by atoms with E-state index in [1.54, 1.807) is 0 Å². The molecule has 1 aliphatic heterocycles. The van der Waals surface area contributed by atoms with Crippen LogP contribution in [0.25, 0.3) is 0 Å². The summed E-state index contributed by atoms with van der Waals surface area (Å²) in [6, 6.07) is 5.85. The van der Waals surface area contributed by atoms with Gasteiger partial charge in [-0.05, 0) is 49.4 Å². The van der Waals surface area contributed by atoms with E-state index in [-0.39, 0.29) is 12.1 Å². The van der Waals surface area contributed by atoms with Crippen molar-refractivity contribution in [3.8, 4) is 0 Å². The van der Waals surface area contributed by atoms with Crippen LogP contribution < -0.4 is 5.73 Å². The first-order chi connectivity index (χ1) is 10.0. The molecule has 4 atom stereocenters. The van der Waals surface area contributed by atoms with Crippen molar-refractivity contribution in [2.24, 2.45) is 17.6 Å². The molecule has 0 spiro atoms. The van der Waals surface area contributed by atoms with Crippen LogP contribution >= 0.6 is 27.5 Å². The van der Waals surface area contributed by atoms with Crippen LogP contribution in [0.15, 0.2) is 22.7 Å². The smallest absolute Gasteiger partial charge is 0.0583 e. The predicted molar refractivity (Wildman–Crippen MR) is 89.4 cm³/mol. The normalized spacial score (nSPS) is 30.6. The van der Waals surface area contributed by atoms with Gasteiger partial charge in [-0.15, -0.1) is 0 Å². The van der Waals surface area contributed by atoms with Gasteiger partial charge >= 0.3 is 0 Å². The van der Waals surface area contributed by atoms with Gasteiger partial charge in [-0.25, -0.2) is 0 Å². The second-order valence-electron chi connectivity index (χ2n) is 6.39. The summed E-state index contributed by atoms with van der Waals surface area (Å²) in [6.45, 7) is 3.11. The lowest BCUT2D eigenvalue weighted by Gasteiger charge is -2.21. The van der Waals surface area contributed by atoms with Gasteiger partial charge in [-0.2, -0.15) is 0 Å². The zero-order chi connectivity index (χ0) is 15.0. The number of aliphatic hydroxyl groups excluding tert-OH is 1. The number of hydrogen-bond donors (Lipinski definition) is 2. The van der Waals surface area contributed by atoms with Crippen molar-refractivity contribution in [2.75, 3.05) is 19.6 Å². The summed E-state index contributed by atoms with van der Waals surface area (Å²) in [5.74, 6) is 1.17. The van der Waals surface area contributed by atoms with Crippen LogP contribution in [0.3, 0.4) is 0 Å². The zero-order valence-corrected chi connectivity index (χ0v) is 14.4. The van der Waals surface area contributed by atoms with Crippen LogP contribution in [-0.2, 0) is 0 Å². The second-order valence-corrected chi connectivity index (χ2v) is 7.71. The van der Waals surface area contributed by atoms with Crippen molar-refractivity contribution in [1.29, 1.82) is 0 Å². The average Bonchev–Trinajstić information content (AvgIpc) is 2.98. The minimum atomic E-state index is -0.0883. The summed E-state index contributed by atoms with van der Waals surface area (Å²) in [7, 11) is 0. The highest BCUT2D eigenvalue weighted by molar-refractivity contribution is 9.10. The molecule has 1 saturated heterocycles. The molecule has 1 aromatic carbocycles. The Balaban J connectivity index is 1.53. The van der Waals surface area contributed by atoms with Crippen LogP contribution in [0.2, 0.25) is 5.02 Å². The Labute approximate surface area is 139 Å². The standard InChI is InChI=1S/C16H22BrClN2O/c17-11-2-3-12(14(18)7-11)15(19)5-6-20-8-10-1-4-16(21)13(10)9-20/h2-3,7,10,13,15-16,21H,1,4-6,8-9,19H2. The Bertz CT molecular complexity index is 513. The van der Waals surface area contributed by atoms with Gasteiger partial charge in [0.1, 0.15) is 0 Å². The van der Waals surface area contributed by atoms with Crippen molar-refractivity contribution in [3.05, 3.63) is 33.3 Å². The van der Waals surface area contributed by atoms with E-state index in [0.717, 1.165) is 47.5 Å². The van der Waals surface area contributed by atoms with Crippen LogP contribution in [0.5, 0.6) is 0 Å². The van der Waals surface area contributed by atoms with Gasteiger partial charge in [0.15, 0.2) is 0 Å². The maximum absolute atomic E-state index is 9.96. The molecule has 3 rings (SSSR count). The minimum absolute atomic E-state index is 0.0315. The van der Waals surface area contributed by atoms with E-state index in [9.17, 15) is 5.11 Å². The van der Waals surface area contributed by atoms with E-state index in [4.69, 9.17) is 17.3 Å². The Morgan fingerprint density at radius 3 is 2.90 bits per heavy atom. The molecule has 0 aromatic heterocycles. The van der Waals surface area contributed by atoms with E-state index in [1.165, 1.54) is 6.42 Å². The number of likely N-dealkylation sites (tertiary alicyclic amines) is 1. The van der Waals surface area contributed by atoms with E-state index in [1.807, 2.05) is 18.2 Å². The summed E-state index contributed by atoms with van der Waals surface area (Å²) in [5, 5.41) is 10.7. The summed E-state index contributed by atoms with van der Waals surface area (Å²) in [6.07, 6.45) is 2.97. The number of fused-ring (bicyclic) bond motifs is 1. The first kappa shape index (κ1) is 15.8. The highest BCUT2D eigenvalue weighted by Gasteiger charge is 2.41. The third kappa shape index (κ3) is 3.45. The number of nitrogens with two attached hydrogens (primary N) is 1. The summed E-state index contributed by atoms with van der Waals surface area (Å²) >= 11 is 9.67. The van der Waals surface area contributed by atoms with Crippen LogP contribution in [0.1, 0.15) is 30.9 Å². The second kappa shape index (κ2) is 6.55. The Morgan fingerprint density at radius 2 is 2.19 bits per heavy atom. The molecule has 0 radical (unpaired) electrons. The highest BCUT2D eigenvalue weighted by Crippen LogP contribution is 2.38. The number of hydrogen-bond acceptors (Lipinski definition) is 3. The maximum atomic E-state index is 9.96. The summed E-state index contributed by atoms with van der Waals surface area (Å²) in [5.41, 5.74) is 7.30. The summed E-state index contributed by atoms with van der Waals surface area (Å²) in [4.78, 5) is 2.45. The van der Waals surface area contributed by atoms with E-state index in [0.29, 0.717) is 11.8 Å². The first-order valence-electron chi connectivity index (χ1n) is 7.65. The third-order valence-electron chi connectivity index (χ3n) is 5.01. The Kier molecular flexibility index (Phi) is 4.91. The maximum Gasteiger partial charge on any atom is 0.0583 e. The van der Waals surface area contributed by atoms with Gasteiger partial charge in [0, 0.05) is 34.5 Å². The molecule has 3 N–H and O–H groups in total. The zero-order valence-electron chi connectivity index (χ0n) is 12.0. The monoisotopic (exact) mass is 372 g/mol. The highest BCUT2D eigenvalue weighted by atomic mass is 79.9. The van der Waals surface area contributed by atoms with Crippen LogP contribution in [0, 0.1) is 11.8 Å². The average molecular weight is 374 g/mol. The number of halogens is 2. The van der Waals surface area contributed by atoms with Gasteiger partial charge in [-0.1, -0.05) is 33.6 Å². The molecule has 4 unspecified atom stereocenters. The van der Waals surface area contributed by atoms with Crippen LogP contribution in [0.4, 0.5) is 0 Å². The lowest BCUT2D eigenvalue weighted by molar-refractivity contribution is 0.124. The molecule has 1 aromatic rings. The number of benzene rings is 1. The molecule has 5 heteroatoms. The fraction of sp³-hybridized carbons (Fsp3) is 0.625. The number of aliphatic hydroxyl groups is 1. The molecule has 1 heterocycles. The van der Waals surface area contributed by atoms with Crippen molar-refractivity contribution >= 4 is 27.5 Å².